The van der Waals surface area contributed by atoms with Gasteiger partial charge in [0.1, 0.15) is 12.1 Å². The molecule has 0 unspecified atom stereocenters. The smallest absolute Gasteiger partial charge is 0.131 e. The molecule has 1 aliphatic heterocycles. The summed E-state index contributed by atoms with van der Waals surface area (Å²) in [4.78, 5) is 8.16. The zero-order valence-electron chi connectivity index (χ0n) is 7.26. The third-order valence-corrected chi connectivity index (χ3v) is 2.28. The van der Waals surface area contributed by atoms with Crippen LogP contribution in [-0.2, 0) is 12.1 Å². The molecule has 0 fully saturated rings. The van der Waals surface area contributed by atoms with Crippen molar-refractivity contribution in [3.05, 3.63) is 17.6 Å². The van der Waals surface area contributed by atoms with E-state index in [1.807, 2.05) is 0 Å². The van der Waals surface area contributed by atoms with Crippen molar-refractivity contribution in [2.24, 2.45) is 0 Å². The first kappa shape index (κ1) is 7.49. The monoisotopic (exact) mass is 164 g/mol. The van der Waals surface area contributed by atoms with Gasteiger partial charge in [-0.25, -0.2) is 9.97 Å². The summed E-state index contributed by atoms with van der Waals surface area (Å²) in [5, 5.41) is 3.32. The Morgan fingerprint density at radius 1 is 1.50 bits per heavy atom. The van der Waals surface area contributed by atoms with Crippen molar-refractivity contribution >= 4 is 5.82 Å². The molecule has 0 bridgehead atoms. The first-order valence-corrected chi connectivity index (χ1v) is 3.96. The molecular formula is C8H12N4. The lowest BCUT2D eigenvalue weighted by Gasteiger charge is -2.17. The lowest BCUT2D eigenvalue weighted by Crippen LogP contribution is -2.29. The van der Waals surface area contributed by atoms with Crippen LogP contribution in [0.5, 0.6) is 0 Å². The molecule has 2 heterocycles. The second-order valence-corrected chi connectivity index (χ2v) is 3.56. The standard InChI is InChI=1S/C8H12N4/c1-8(2)6-5(3-12-8)7(9)11-4-10-6/h4,12H,3H2,1-2H3,(H2,9,10,11). The van der Waals surface area contributed by atoms with E-state index in [1.54, 1.807) is 0 Å². The normalized spacial score (nSPS) is 19.2. The molecule has 4 heteroatoms. The lowest BCUT2D eigenvalue weighted by atomic mass is 10.0. The molecule has 0 saturated carbocycles. The van der Waals surface area contributed by atoms with Crippen LogP contribution >= 0.6 is 0 Å². The molecule has 1 aromatic heterocycles. The molecule has 1 aromatic rings. The fourth-order valence-electron chi connectivity index (χ4n) is 1.53. The highest BCUT2D eigenvalue weighted by molar-refractivity contribution is 5.46. The summed E-state index contributed by atoms with van der Waals surface area (Å²) < 4.78 is 0. The van der Waals surface area contributed by atoms with E-state index in [1.165, 1.54) is 6.33 Å². The number of anilines is 1. The first-order valence-electron chi connectivity index (χ1n) is 3.96. The van der Waals surface area contributed by atoms with E-state index < -0.39 is 0 Å². The third kappa shape index (κ3) is 0.881. The SMILES string of the molecule is CC1(C)NCc2c(N)ncnc21. The Labute approximate surface area is 71.2 Å². The third-order valence-electron chi connectivity index (χ3n) is 2.28. The van der Waals surface area contributed by atoms with Gasteiger partial charge in [0, 0.05) is 12.1 Å². The first-order chi connectivity index (χ1) is 5.61. The number of fused-ring (bicyclic) bond motifs is 1. The van der Waals surface area contributed by atoms with Crippen molar-refractivity contribution in [1.29, 1.82) is 0 Å². The number of nitrogens with two attached hydrogens (primary N) is 1. The number of hydrogen-bond acceptors (Lipinski definition) is 4. The second-order valence-electron chi connectivity index (χ2n) is 3.56. The Morgan fingerprint density at radius 2 is 2.25 bits per heavy atom. The van der Waals surface area contributed by atoms with Crippen molar-refractivity contribution in [3.8, 4) is 0 Å². The molecule has 12 heavy (non-hydrogen) atoms. The highest BCUT2D eigenvalue weighted by Gasteiger charge is 2.32. The van der Waals surface area contributed by atoms with E-state index >= 15 is 0 Å². The predicted molar refractivity (Wildman–Crippen MR) is 46.3 cm³/mol. The van der Waals surface area contributed by atoms with Gasteiger partial charge in [-0.15, -0.1) is 0 Å². The van der Waals surface area contributed by atoms with Gasteiger partial charge in [0.15, 0.2) is 0 Å². The van der Waals surface area contributed by atoms with Crippen molar-refractivity contribution in [2.45, 2.75) is 25.9 Å². The van der Waals surface area contributed by atoms with Gasteiger partial charge in [-0.1, -0.05) is 0 Å². The molecule has 0 spiro atoms. The van der Waals surface area contributed by atoms with E-state index in [9.17, 15) is 0 Å². The molecule has 0 amide bonds. The summed E-state index contributed by atoms with van der Waals surface area (Å²) in [7, 11) is 0. The van der Waals surface area contributed by atoms with E-state index in [2.05, 4.69) is 29.1 Å². The van der Waals surface area contributed by atoms with E-state index in [4.69, 9.17) is 5.73 Å². The molecule has 0 aliphatic carbocycles. The molecule has 0 radical (unpaired) electrons. The molecule has 0 aromatic carbocycles. The Bertz CT molecular complexity index is 319. The Hall–Kier alpha value is -1.16. The minimum atomic E-state index is -0.0631. The molecule has 4 nitrogen and oxygen atoms in total. The highest BCUT2D eigenvalue weighted by Crippen LogP contribution is 2.30. The van der Waals surface area contributed by atoms with Crippen LogP contribution < -0.4 is 11.1 Å². The van der Waals surface area contributed by atoms with Gasteiger partial charge in [0.2, 0.25) is 0 Å². The lowest BCUT2D eigenvalue weighted by molar-refractivity contribution is 0.433. The summed E-state index contributed by atoms with van der Waals surface area (Å²) in [6.45, 7) is 4.95. The largest absolute Gasteiger partial charge is 0.383 e. The van der Waals surface area contributed by atoms with Gasteiger partial charge in [-0.05, 0) is 13.8 Å². The maximum atomic E-state index is 5.70. The number of nitrogen functional groups attached to an aromatic ring is 1. The number of nitrogens with zero attached hydrogens (tertiary/aromatic N) is 2. The average molecular weight is 164 g/mol. The van der Waals surface area contributed by atoms with Crippen molar-refractivity contribution in [2.75, 3.05) is 5.73 Å². The quantitative estimate of drug-likeness (QED) is 0.582. The fourth-order valence-corrected chi connectivity index (χ4v) is 1.53. The molecule has 0 saturated heterocycles. The Morgan fingerprint density at radius 3 is 2.92 bits per heavy atom. The number of hydrogen-bond donors (Lipinski definition) is 2. The van der Waals surface area contributed by atoms with E-state index in [0.29, 0.717) is 5.82 Å². The fraction of sp³-hybridized carbons (Fsp3) is 0.500. The van der Waals surface area contributed by atoms with Gasteiger partial charge in [0.25, 0.3) is 0 Å². The van der Waals surface area contributed by atoms with Crippen LogP contribution in [0.3, 0.4) is 0 Å². The van der Waals surface area contributed by atoms with Crippen LogP contribution in [-0.4, -0.2) is 9.97 Å². The molecule has 2 rings (SSSR count). The van der Waals surface area contributed by atoms with Crippen LogP contribution in [0.2, 0.25) is 0 Å². The van der Waals surface area contributed by atoms with Gasteiger partial charge in [-0.3, -0.25) is 0 Å². The minimum absolute atomic E-state index is 0.0631. The summed E-state index contributed by atoms with van der Waals surface area (Å²) in [6.07, 6.45) is 1.52. The number of rotatable bonds is 0. The van der Waals surface area contributed by atoms with Crippen molar-refractivity contribution in [1.82, 2.24) is 15.3 Å². The van der Waals surface area contributed by atoms with Gasteiger partial charge in [-0.2, -0.15) is 0 Å². The zero-order valence-corrected chi connectivity index (χ0v) is 7.26. The van der Waals surface area contributed by atoms with Crippen LogP contribution in [0.1, 0.15) is 25.1 Å². The van der Waals surface area contributed by atoms with Crippen LogP contribution in [0.25, 0.3) is 0 Å². The molecule has 3 N–H and O–H groups in total. The second kappa shape index (κ2) is 2.17. The zero-order chi connectivity index (χ0) is 8.77. The molecule has 1 aliphatic rings. The maximum absolute atomic E-state index is 5.70. The van der Waals surface area contributed by atoms with Crippen molar-refractivity contribution in [3.63, 3.8) is 0 Å². The van der Waals surface area contributed by atoms with E-state index in [0.717, 1.165) is 17.8 Å². The topological polar surface area (TPSA) is 63.8 Å². The van der Waals surface area contributed by atoms with Crippen LogP contribution in [0, 0.1) is 0 Å². The van der Waals surface area contributed by atoms with Gasteiger partial charge < -0.3 is 11.1 Å². The van der Waals surface area contributed by atoms with Crippen LogP contribution in [0.15, 0.2) is 6.33 Å². The number of aromatic nitrogens is 2. The summed E-state index contributed by atoms with van der Waals surface area (Å²) >= 11 is 0. The number of nitrogens with one attached hydrogen (secondary N) is 1. The molecule has 64 valence electrons. The van der Waals surface area contributed by atoms with Crippen LogP contribution in [0.4, 0.5) is 5.82 Å². The minimum Gasteiger partial charge on any atom is -0.383 e. The van der Waals surface area contributed by atoms with Crippen molar-refractivity contribution < 1.29 is 0 Å². The summed E-state index contributed by atoms with van der Waals surface area (Å²) in [5.41, 5.74) is 7.71. The molecular weight excluding hydrogens is 152 g/mol. The van der Waals surface area contributed by atoms with Gasteiger partial charge in [0.05, 0.1) is 11.2 Å². The predicted octanol–water partition coefficient (Wildman–Crippen LogP) is 0.397. The van der Waals surface area contributed by atoms with Gasteiger partial charge >= 0.3 is 0 Å². The summed E-state index contributed by atoms with van der Waals surface area (Å²) in [6, 6.07) is 0. The Kier molecular flexibility index (Phi) is 1.35. The summed E-state index contributed by atoms with van der Waals surface area (Å²) in [5.74, 6) is 0.595. The Balaban J connectivity index is 2.61. The van der Waals surface area contributed by atoms with E-state index in [-0.39, 0.29) is 5.54 Å². The maximum Gasteiger partial charge on any atom is 0.131 e. The molecule has 0 atom stereocenters. The highest BCUT2D eigenvalue weighted by atomic mass is 15.1. The average Bonchev–Trinajstić information content (AvgIpc) is 2.30.